The molecule has 2 nitrogen and oxygen atoms in total. The Bertz CT molecular complexity index is 418. The third kappa shape index (κ3) is 1.70. The molecule has 0 radical (unpaired) electrons. The van der Waals surface area contributed by atoms with Crippen molar-refractivity contribution in [1.29, 1.82) is 0 Å². The molecule has 1 aliphatic rings. The van der Waals surface area contributed by atoms with Gasteiger partial charge in [-0.2, -0.15) is 0 Å². The minimum absolute atomic E-state index is 0.157. The SMILES string of the molecule is CSC1(SC)Nc2cc(Br)ccc2C1=O. The number of hydrogen-bond acceptors (Lipinski definition) is 4. The van der Waals surface area contributed by atoms with E-state index in [-0.39, 0.29) is 5.78 Å². The largest absolute Gasteiger partial charge is 0.355 e. The van der Waals surface area contributed by atoms with E-state index < -0.39 is 4.20 Å². The van der Waals surface area contributed by atoms with E-state index in [1.165, 1.54) is 23.5 Å². The van der Waals surface area contributed by atoms with Gasteiger partial charge in [0.15, 0.2) is 4.20 Å². The molecule has 0 amide bonds. The van der Waals surface area contributed by atoms with Gasteiger partial charge in [0.2, 0.25) is 5.78 Å². The highest BCUT2D eigenvalue weighted by molar-refractivity contribution is 9.10. The number of anilines is 1. The molecule has 0 unspecified atom stereocenters. The number of thioether (sulfide) groups is 2. The zero-order valence-corrected chi connectivity index (χ0v) is 11.6. The molecule has 2 rings (SSSR count). The zero-order chi connectivity index (χ0) is 11.1. The second kappa shape index (κ2) is 4.03. The standard InChI is InChI=1S/C10H10BrNOS2/c1-14-10(15-2)9(13)7-4-3-6(11)5-8(7)12-10/h3-5,12H,1-2H3. The second-order valence-electron chi connectivity index (χ2n) is 3.17. The minimum Gasteiger partial charge on any atom is -0.355 e. The van der Waals surface area contributed by atoms with Gasteiger partial charge in [0.25, 0.3) is 0 Å². The van der Waals surface area contributed by atoms with Crippen LogP contribution in [-0.4, -0.2) is 22.5 Å². The molecular formula is C10H10BrNOS2. The summed E-state index contributed by atoms with van der Waals surface area (Å²) in [5.74, 6) is 0.157. The summed E-state index contributed by atoms with van der Waals surface area (Å²) in [6.07, 6.45) is 3.89. The number of ketones is 1. The van der Waals surface area contributed by atoms with E-state index in [2.05, 4.69) is 21.2 Å². The van der Waals surface area contributed by atoms with Gasteiger partial charge in [0.05, 0.1) is 0 Å². The van der Waals surface area contributed by atoms with Crippen LogP contribution in [0.5, 0.6) is 0 Å². The number of hydrogen-bond donors (Lipinski definition) is 1. The highest BCUT2D eigenvalue weighted by atomic mass is 79.9. The van der Waals surface area contributed by atoms with Crippen LogP contribution in [0.2, 0.25) is 0 Å². The van der Waals surface area contributed by atoms with E-state index in [1.54, 1.807) is 0 Å². The fourth-order valence-electron chi connectivity index (χ4n) is 1.60. The molecule has 0 atom stereocenters. The monoisotopic (exact) mass is 303 g/mol. The van der Waals surface area contributed by atoms with E-state index >= 15 is 0 Å². The van der Waals surface area contributed by atoms with Gasteiger partial charge in [-0.05, 0) is 30.7 Å². The number of carbonyl (C=O) groups excluding carboxylic acids is 1. The van der Waals surface area contributed by atoms with Crippen LogP contribution in [0.3, 0.4) is 0 Å². The number of Topliss-reactive ketones (excluding diaryl/α,β-unsaturated/α-hetero) is 1. The van der Waals surface area contributed by atoms with Crippen molar-refractivity contribution in [2.75, 3.05) is 17.8 Å². The highest BCUT2D eigenvalue weighted by Crippen LogP contribution is 2.45. The Balaban J connectivity index is 2.49. The van der Waals surface area contributed by atoms with Gasteiger partial charge in [-0.1, -0.05) is 15.9 Å². The number of halogens is 1. The van der Waals surface area contributed by atoms with Crippen LogP contribution in [0, 0.1) is 0 Å². The van der Waals surface area contributed by atoms with Crippen molar-refractivity contribution in [3.05, 3.63) is 28.2 Å². The van der Waals surface area contributed by atoms with Gasteiger partial charge < -0.3 is 5.32 Å². The van der Waals surface area contributed by atoms with Crippen LogP contribution < -0.4 is 5.32 Å². The maximum atomic E-state index is 12.2. The molecule has 1 heterocycles. The Morgan fingerprint density at radius 3 is 2.60 bits per heavy atom. The third-order valence-corrected chi connectivity index (χ3v) is 5.62. The lowest BCUT2D eigenvalue weighted by atomic mass is 10.1. The van der Waals surface area contributed by atoms with Crippen LogP contribution in [0.25, 0.3) is 0 Å². The van der Waals surface area contributed by atoms with Crippen molar-refractivity contribution in [3.63, 3.8) is 0 Å². The molecule has 80 valence electrons. The van der Waals surface area contributed by atoms with Gasteiger partial charge in [0, 0.05) is 15.7 Å². The maximum absolute atomic E-state index is 12.2. The molecule has 1 aliphatic heterocycles. The highest BCUT2D eigenvalue weighted by Gasteiger charge is 2.44. The summed E-state index contributed by atoms with van der Waals surface area (Å²) in [6, 6.07) is 5.71. The molecule has 5 heteroatoms. The smallest absolute Gasteiger partial charge is 0.211 e. The number of carbonyl (C=O) groups is 1. The van der Waals surface area contributed by atoms with Gasteiger partial charge in [0.1, 0.15) is 0 Å². The van der Waals surface area contributed by atoms with E-state index in [0.29, 0.717) is 0 Å². The molecule has 0 fully saturated rings. The first kappa shape index (κ1) is 11.4. The summed E-state index contributed by atoms with van der Waals surface area (Å²) in [7, 11) is 0. The van der Waals surface area contributed by atoms with Gasteiger partial charge in [-0.3, -0.25) is 4.79 Å². The zero-order valence-electron chi connectivity index (χ0n) is 8.33. The summed E-state index contributed by atoms with van der Waals surface area (Å²) in [6.45, 7) is 0. The molecule has 1 aromatic carbocycles. The number of fused-ring (bicyclic) bond motifs is 1. The minimum atomic E-state index is -0.539. The van der Waals surface area contributed by atoms with E-state index in [9.17, 15) is 4.79 Å². The van der Waals surface area contributed by atoms with Crippen molar-refractivity contribution in [2.24, 2.45) is 0 Å². The number of benzene rings is 1. The average Bonchev–Trinajstić information content (AvgIpc) is 2.52. The fraction of sp³-hybridized carbons (Fsp3) is 0.300. The molecule has 1 N–H and O–H groups in total. The molecule has 0 aromatic heterocycles. The van der Waals surface area contributed by atoms with Crippen molar-refractivity contribution in [2.45, 2.75) is 4.20 Å². The Kier molecular flexibility index (Phi) is 3.05. The quantitative estimate of drug-likeness (QED) is 0.848. The van der Waals surface area contributed by atoms with Crippen LogP contribution in [0.4, 0.5) is 5.69 Å². The lowest BCUT2D eigenvalue weighted by Gasteiger charge is -2.23. The molecule has 0 saturated heterocycles. The van der Waals surface area contributed by atoms with Crippen LogP contribution in [0.15, 0.2) is 22.7 Å². The topological polar surface area (TPSA) is 29.1 Å². The Morgan fingerprint density at radius 1 is 1.33 bits per heavy atom. The van der Waals surface area contributed by atoms with Crippen molar-refractivity contribution >= 4 is 50.9 Å². The number of nitrogens with one attached hydrogen (secondary N) is 1. The molecule has 0 bridgehead atoms. The summed E-state index contributed by atoms with van der Waals surface area (Å²) in [5.41, 5.74) is 1.69. The van der Waals surface area contributed by atoms with Crippen LogP contribution in [-0.2, 0) is 0 Å². The normalized spacial score (nSPS) is 17.4. The summed E-state index contributed by atoms with van der Waals surface area (Å²) < 4.78 is 0.447. The van der Waals surface area contributed by atoms with Crippen molar-refractivity contribution in [1.82, 2.24) is 0 Å². The first-order valence-corrected chi connectivity index (χ1v) is 7.60. The van der Waals surface area contributed by atoms with E-state index in [4.69, 9.17) is 0 Å². The Morgan fingerprint density at radius 2 is 2.00 bits per heavy atom. The molecule has 0 aliphatic carbocycles. The summed E-state index contributed by atoms with van der Waals surface area (Å²) in [5, 5.41) is 3.28. The fourth-order valence-corrected chi connectivity index (χ4v) is 3.64. The van der Waals surface area contributed by atoms with Gasteiger partial charge >= 0.3 is 0 Å². The molecule has 15 heavy (non-hydrogen) atoms. The molecule has 0 spiro atoms. The third-order valence-electron chi connectivity index (χ3n) is 2.40. The Hall–Kier alpha value is -0.130. The average molecular weight is 304 g/mol. The lowest BCUT2D eigenvalue weighted by Crippen LogP contribution is -2.33. The first-order valence-electron chi connectivity index (χ1n) is 4.36. The summed E-state index contributed by atoms with van der Waals surface area (Å²) >= 11 is 6.48. The second-order valence-corrected chi connectivity index (χ2v) is 6.38. The maximum Gasteiger partial charge on any atom is 0.211 e. The molecule has 1 aromatic rings. The predicted molar refractivity (Wildman–Crippen MR) is 71.9 cm³/mol. The van der Waals surface area contributed by atoms with Gasteiger partial charge in [-0.15, -0.1) is 23.5 Å². The molecule has 0 saturated carbocycles. The van der Waals surface area contributed by atoms with Crippen molar-refractivity contribution in [3.8, 4) is 0 Å². The predicted octanol–water partition coefficient (Wildman–Crippen LogP) is 3.44. The summed E-state index contributed by atoms with van der Waals surface area (Å²) in [4.78, 5) is 12.2. The van der Waals surface area contributed by atoms with Crippen LogP contribution in [0.1, 0.15) is 10.4 Å². The van der Waals surface area contributed by atoms with Crippen LogP contribution >= 0.6 is 39.5 Å². The Labute approximate surface area is 106 Å². The van der Waals surface area contributed by atoms with Gasteiger partial charge in [-0.25, -0.2) is 0 Å². The molecular weight excluding hydrogens is 294 g/mol. The number of rotatable bonds is 2. The van der Waals surface area contributed by atoms with E-state index in [0.717, 1.165) is 15.7 Å². The lowest BCUT2D eigenvalue weighted by molar-refractivity contribution is 0.0995. The first-order chi connectivity index (χ1) is 7.13. The van der Waals surface area contributed by atoms with Crippen molar-refractivity contribution < 1.29 is 4.79 Å². The van der Waals surface area contributed by atoms with E-state index in [1.807, 2.05) is 30.7 Å².